The maximum absolute atomic E-state index is 13.1. The van der Waals surface area contributed by atoms with Crippen LogP contribution in [0.2, 0.25) is 0 Å². The summed E-state index contributed by atoms with van der Waals surface area (Å²) in [5, 5.41) is 1.08. The summed E-state index contributed by atoms with van der Waals surface area (Å²) in [4.78, 5) is 31.1. The van der Waals surface area contributed by atoms with Gasteiger partial charge in [0.1, 0.15) is 6.54 Å². The Morgan fingerprint density at radius 2 is 1.74 bits per heavy atom. The number of aryl methyl sites for hydroxylation is 1. The van der Waals surface area contributed by atoms with Gasteiger partial charge in [-0.15, -0.1) is 11.8 Å². The van der Waals surface area contributed by atoms with Crippen LogP contribution in [0.1, 0.15) is 25.8 Å². The second-order valence-corrected chi connectivity index (χ2v) is 10.3. The molecule has 3 aromatic rings. The number of nitrogens with zero attached hydrogens (tertiary/aromatic N) is 3. The summed E-state index contributed by atoms with van der Waals surface area (Å²) in [6.45, 7) is 6.31. The minimum atomic E-state index is 0.0474. The smallest absolute Gasteiger partial charge is 0.242 e. The molecule has 0 bridgehead atoms. The highest BCUT2D eigenvalue weighted by Crippen LogP contribution is 2.32. The van der Waals surface area contributed by atoms with E-state index in [4.69, 9.17) is 4.74 Å². The second kappa shape index (κ2) is 9.84. The molecule has 0 spiro atoms. The molecule has 1 saturated heterocycles. The summed E-state index contributed by atoms with van der Waals surface area (Å²) < 4.78 is 7.80. The van der Waals surface area contributed by atoms with Gasteiger partial charge in [0.2, 0.25) is 11.8 Å². The molecule has 1 aromatic heterocycles. The van der Waals surface area contributed by atoms with Crippen LogP contribution < -0.4 is 4.90 Å². The van der Waals surface area contributed by atoms with Crippen LogP contribution in [0.15, 0.2) is 59.6 Å². The monoisotopic (exact) mass is 477 g/mol. The summed E-state index contributed by atoms with van der Waals surface area (Å²) in [5.41, 5.74) is 3.30. The molecular formula is C27H31N3O3S. The Kier molecular flexibility index (Phi) is 6.66. The number of hydrogen-bond acceptors (Lipinski definition) is 4. The third-order valence-corrected chi connectivity index (χ3v) is 7.62. The molecule has 1 fully saturated rings. The number of amides is 2. The Morgan fingerprint density at radius 1 is 1.00 bits per heavy atom. The van der Waals surface area contributed by atoms with Crippen molar-refractivity contribution >= 4 is 40.2 Å². The number of thioether (sulfide) groups is 1. The molecule has 0 unspecified atom stereocenters. The maximum Gasteiger partial charge on any atom is 0.242 e. The number of carbonyl (C=O) groups excluding carboxylic acids is 2. The average Bonchev–Trinajstić information content (AvgIpc) is 3.19. The number of para-hydroxylation sites is 2. The number of anilines is 1. The third-order valence-electron chi connectivity index (χ3n) is 6.59. The van der Waals surface area contributed by atoms with E-state index in [0.29, 0.717) is 18.8 Å². The van der Waals surface area contributed by atoms with Crippen LogP contribution in [0, 0.1) is 0 Å². The van der Waals surface area contributed by atoms with Gasteiger partial charge in [0, 0.05) is 47.3 Å². The van der Waals surface area contributed by atoms with Crippen LogP contribution in [0.25, 0.3) is 10.9 Å². The van der Waals surface area contributed by atoms with Crippen LogP contribution >= 0.6 is 11.8 Å². The topological polar surface area (TPSA) is 54.8 Å². The molecule has 34 heavy (non-hydrogen) atoms. The normalized spacial score (nSPS) is 20.4. The number of benzene rings is 2. The summed E-state index contributed by atoms with van der Waals surface area (Å²) in [6, 6.07) is 16.3. The van der Waals surface area contributed by atoms with Gasteiger partial charge in [0.05, 0.1) is 18.0 Å². The fraction of sp³-hybridized carbons (Fsp3) is 0.407. The van der Waals surface area contributed by atoms with Crippen molar-refractivity contribution < 1.29 is 14.3 Å². The van der Waals surface area contributed by atoms with Gasteiger partial charge in [-0.1, -0.05) is 36.4 Å². The predicted octanol–water partition coefficient (Wildman–Crippen LogP) is 4.35. The zero-order chi connectivity index (χ0) is 23.7. The molecule has 3 heterocycles. The van der Waals surface area contributed by atoms with Crippen molar-refractivity contribution in [2.24, 2.45) is 0 Å². The Balaban J connectivity index is 1.31. The number of ether oxygens (including phenoxy) is 1. The molecule has 0 N–H and O–H groups in total. The predicted molar refractivity (Wildman–Crippen MR) is 136 cm³/mol. The first-order chi connectivity index (χ1) is 16.5. The van der Waals surface area contributed by atoms with Crippen molar-refractivity contribution in [2.45, 2.75) is 50.3 Å². The Bertz CT molecular complexity index is 1200. The van der Waals surface area contributed by atoms with Crippen molar-refractivity contribution in [3.05, 3.63) is 60.3 Å². The minimum Gasteiger partial charge on any atom is -0.372 e. The van der Waals surface area contributed by atoms with Crippen molar-refractivity contribution in [3.63, 3.8) is 0 Å². The highest BCUT2D eigenvalue weighted by Gasteiger charge is 2.27. The van der Waals surface area contributed by atoms with Crippen LogP contribution in [0.3, 0.4) is 0 Å². The van der Waals surface area contributed by atoms with E-state index in [1.54, 1.807) is 11.8 Å². The first kappa shape index (κ1) is 23.0. The molecule has 5 rings (SSSR count). The van der Waals surface area contributed by atoms with Gasteiger partial charge in [0.15, 0.2) is 0 Å². The fourth-order valence-corrected chi connectivity index (χ4v) is 6.06. The summed E-state index contributed by atoms with van der Waals surface area (Å²) >= 11 is 1.55. The molecule has 2 atom stereocenters. The Morgan fingerprint density at radius 3 is 2.56 bits per heavy atom. The lowest BCUT2D eigenvalue weighted by atomic mass is 10.0. The summed E-state index contributed by atoms with van der Waals surface area (Å²) in [6.07, 6.45) is 4.14. The number of aromatic nitrogens is 1. The third kappa shape index (κ3) is 4.72. The largest absolute Gasteiger partial charge is 0.372 e. The second-order valence-electron chi connectivity index (χ2n) is 9.26. The highest BCUT2D eigenvalue weighted by atomic mass is 32.2. The quantitative estimate of drug-likeness (QED) is 0.513. The molecule has 6 nitrogen and oxygen atoms in total. The number of fused-ring (bicyclic) bond motifs is 2. The van der Waals surface area contributed by atoms with Crippen LogP contribution in [0.5, 0.6) is 0 Å². The minimum absolute atomic E-state index is 0.0474. The molecule has 2 aliphatic heterocycles. The van der Waals surface area contributed by atoms with E-state index >= 15 is 0 Å². The first-order valence-electron chi connectivity index (χ1n) is 12.0. The molecular weight excluding hydrogens is 446 g/mol. The number of morpholine rings is 1. The summed E-state index contributed by atoms with van der Waals surface area (Å²) in [5.74, 6) is 0.594. The number of hydrogen-bond donors (Lipinski definition) is 0. The van der Waals surface area contributed by atoms with Crippen molar-refractivity contribution in [1.29, 1.82) is 0 Å². The maximum atomic E-state index is 13.1. The van der Waals surface area contributed by atoms with Gasteiger partial charge in [-0.25, -0.2) is 0 Å². The molecule has 178 valence electrons. The zero-order valence-corrected chi connectivity index (χ0v) is 20.6. The van der Waals surface area contributed by atoms with Gasteiger partial charge < -0.3 is 19.1 Å². The molecule has 2 aromatic carbocycles. The van der Waals surface area contributed by atoms with E-state index < -0.39 is 0 Å². The molecule has 2 aliphatic rings. The number of rotatable bonds is 5. The Labute approximate surface area is 204 Å². The van der Waals surface area contributed by atoms with Gasteiger partial charge >= 0.3 is 0 Å². The molecule has 0 radical (unpaired) electrons. The van der Waals surface area contributed by atoms with Crippen molar-refractivity contribution in [1.82, 2.24) is 9.47 Å². The molecule has 0 saturated carbocycles. The van der Waals surface area contributed by atoms with Crippen molar-refractivity contribution in [3.8, 4) is 0 Å². The lowest BCUT2D eigenvalue weighted by molar-refractivity contribution is -0.143. The van der Waals surface area contributed by atoms with Crippen molar-refractivity contribution in [2.75, 3.05) is 30.3 Å². The molecule has 7 heteroatoms. The number of carbonyl (C=O) groups is 2. The standard InChI is InChI=1S/C27H31N3O3S/c1-19-14-29(15-20(2)33-19)26(31)17-28-16-25(22-10-4-6-12-24(22)28)34-18-27(32)30-13-7-9-21-8-3-5-11-23(21)30/h3-6,8,10-12,16,19-20H,7,9,13-15,17-18H2,1-2H3/t19-,20-/m1/s1. The Hall–Kier alpha value is -2.77. The SMILES string of the molecule is C[C@@H]1CN(C(=O)Cn2cc(SCC(=O)N3CCCc4ccccc43)c3ccccc32)C[C@@H](C)O1. The lowest BCUT2D eigenvalue weighted by Crippen LogP contribution is -2.49. The van der Waals surface area contributed by atoms with E-state index in [0.717, 1.165) is 40.9 Å². The molecule has 2 amide bonds. The van der Waals surface area contributed by atoms with Gasteiger partial charge in [0.25, 0.3) is 0 Å². The van der Waals surface area contributed by atoms with E-state index in [2.05, 4.69) is 12.1 Å². The van der Waals surface area contributed by atoms with Crippen LogP contribution in [-0.2, 0) is 27.3 Å². The van der Waals surface area contributed by atoms with Crippen LogP contribution in [-0.4, -0.2) is 58.9 Å². The fourth-order valence-electron chi connectivity index (χ4n) is 5.10. The summed E-state index contributed by atoms with van der Waals surface area (Å²) in [7, 11) is 0. The molecule has 0 aliphatic carbocycles. The average molecular weight is 478 g/mol. The van der Waals surface area contributed by atoms with Gasteiger partial charge in [-0.05, 0) is 44.4 Å². The highest BCUT2D eigenvalue weighted by molar-refractivity contribution is 8.00. The van der Waals surface area contributed by atoms with E-state index in [9.17, 15) is 9.59 Å². The zero-order valence-electron chi connectivity index (χ0n) is 19.8. The first-order valence-corrected chi connectivity index (χ1v) is 13.0. The van der Waals surface area contributed by atoms with Crippen LogP contribution in [0.4, 0.5) is 5.69 Å². The van der Waals surface area contributed by atoms with Gasteiger partial charge in [-0.2, -0.15) is 0 Å². The van der Waals surface area contributed by atoms with E-state index in [-0.39, 0.29) is 30.6 Å². The lowest BCUT2D eigenvalue weighted by Gasteiger charge is -2.35. The van der Waals surface area contributed by atoms with Gasteiger partial charge in [-0.3, -0.25) is 9.59 Å². The van der Waals surface area contributed by atoms with E-state index in [1.807, 2.05) is 70.8 Å². The van der Waals surface area contributed by atoms with E-state index in [1.165, 1.54) is 5.56 Å².